The number of fused-ring (bicyclic) bond motifs is 1. The van der Waals surface area contributed by atoms with Crippen molar-refractivity contribution in [2.75, 3.05) is 13.1 Å². The van der Waals surface area contributed by atoms with E-state index < -0.39 is 0 Å². The minimum Gasteiger partial charge on any atom is -0.339 e. The van der Waals surface area contributed by atoms with E-state index in [1.807, 2.05) is 35.2 Å². The lowest BCUT2D eigenvalue weighted by Gasteiger charge is -2.15. The third kappa shape index (κ3) is 1.78. The normalized spacial score (nSPS) is 15.4. The molecule has 0 saturated carbocycles. The lowest BCUT2D eigenvalue weighted by atomic mass is 10.1. The summed E-state index contributed by atoms with van der Waals surface area (Å²) in [5.74, 6) is 0.117. The lowest BCUT2D eigenvalue weighted by Crippen LogP contribution is -2.27. The maximum absolute atomic E-state index is 12.3. The highest BCUT2D eigenvalue weighted by Crippen LogP contribution is 2.19. The molecule has 2 aromatic rings. The standard InChI is InChI=1S/C14H14N2O/c17-14(16-9-1-2-10-16)12-7-3-5-11-6-4-8-15-13(11)12/h3-8H,1-2,9-10H2. The van der Waals surface area contributed by atoms with Crippen LogP contribution in [0.3, 0.4) is 0 Å². The third-order valence-corrected chi connectivity index (χ3v) is 3.26. The minimum atomic E-state index is 0.117. The Labute approximate surface area is 100 Å². The van der Waals surface area contributed by atoms with Gasteiger partial charge in [0, 0.05) is 24.7 Å². The summed E-state index contributed by atoms with van der Waals surface area (Å²) in [5, 5.41) is 1.03. The number of likely N-dealkylation sites (tertiary alicyclic amines) is 1. The average Bonchev–Trinajstić information content (AvgIpc) is 2.91. The van der Waals surface area contributed by atoms with Gasteiger partial charge < -0.3 is 4.90 Å². The number of pyridine rings is 1. The van der Waals surface area contributed by atoms with Gasteiger partial charge in [0.05, 0.1) is 11.1 Å². The molecule has 3 heteroatoms. The molecule has 0 bridgehead atoms. The van der Waals surface area contributed by atoms with Crippen LogP contribution in [0.4, 0.5) is 0 Å². The van der Waals surface area contributed by atoms with E-state index in [2.05, 4.69) is 4.98 Å². The van der Waals surface area contributed by atoms with Crippen LogP contribution < -0.4 is 0 Å². The van der Waals surface area contributed by atoms with Crippen molar-refractivity contribution in [2.45, 2.75) is 12.8 Å². The van der Waals surface area contributed by atoms with Crippen LogP contribution in [0, 0.1) is 0 Å². The second-order valence-electron chi connectivity index (χ2n) is 4.38. The second-order valence-corrected chi connectivity index (χ2v) is 4.38. The van der Waals surface area contributed by atoms with E-state index in [0.717, 1.165) is 42.4 Å². The SMILES string of the molecule is O=C(c1cccc2cccnc12)N1CCCC1. The number of nitrogens with zero attached hydrogens (tertiary/aromatic N) is 2. The van der Waals surface area contributed by atoms with Gasteiger partial charge in [-0.1, -0.05) is 18.2 Å². The molecule has 1 fully saturated rings. The van der Waals surface area contributed by atoms with Gasteiger partial charge in [-0.25, -0.2) is 0 Å². The molecule has 3 rings (SSSR count). The smallest absolute Gasteiger partial charge is 0.256 e. The molecule has 1 aromatic heterocycles. The summed E-state index contributed by atoms with van der Waals surface area (Å²) in [6.45, 7) is 1.75. The van der Waals surface area contributed by atoms with Crippen molar-refractivity contribution in [1.82, 2.24) is 9.88 Å². The molecule has 2 heterocycles. The maximum Gasteiger partial charge on any atom is 0.256 e. The van der Waals surface area contributed by atoms with Gasteiger partial charge in [0.25, 0.3) is 5.91 Å². The first-order valence-corrected chi connectivity index (χ1v) is 5.99. The van der Waals surface area contributed by atoms with Crippen molar-refractivity contribution in [2.24, 2.45) is 0 Å². The number of amides is 1. The summed E-state index contributed by atoms with van der Waals surface area (Å²) >= 11 is 0. The number of hydrogen-bond donors (Lipinski definition) is 0. The van der Waals surface area contributed by atoms with Crippen LogP contribution in [0.1, 0.15) is 23.2 Å². The maximum atomic E-state index is 12.3. The predicted octanol–water partition coefficient (Wildman–Crippen LogP) is 2.47. The molecule has 17 heavy (non-hydrogen) atoms. The molecular weight excluding hydrogens is 212 g/mol. The van der Waals surface area contributed by atoms with Crippen LogP contribution in [0.5, 0.6) is 0 Å². The summed E-state index contributed by atoms with van der Waals surface area (Å²) in [6, 6.07) is 9.67. The van der Waals surface area contributed by atoms with E-state index in [0.29, 0.717) is 0 Å². The van der Waals surface area contributed by atoms with Crippen molar-refractivity contribution in [3.8, 4) is 0 Å². The van der Waals surface area contributed by atoms with E-state index in [1.165, 1.54) is 0 Å². The predicted molar refractivity (Wildman–Crippen MR) is 66.9 cm³/mol. The van der Waals surface area contributed by atoms with Gasteiger partial charge in [-0.2, -0.15) is 0 Å². The number of para-hydroxylation sites is 1. The molecule has 86 valence electrons. The summed E-state index contributed by atoms with van der Waals surface area (Å²) in [4.78, 5) is 18.6. The molecule has 0 N–H and O–H groups in total. The Morgan fingerprint density at radius 1 is 1.12 bits per heavy atom. The van der Waals surface area contributed by atoms with Crippen LogP contribution in [0.2, 0.25) is 0 Å². The fourth-order valence-corrected chi connectivity index (χ4v) is 2.37. The summed E-state index contributed by atoms with van der Waals surface area (Å²) in [5.41, 5.74) is 1.54. The zero-order valence-electron chi connectivity index (χ0n) is 9.60. The van der Waals surface area contributed by atoms with Gasteiger partial charge in [0.1, 0.15) is 0 Å². The first-order valence-electron chi connectivity index (χ1n) is 5.99. The monoisotopic (exact) mass is 226 g/mol. The Kier molecular flexibility index (Phi) is 2.52. The highest BCUT2D eigenvalue weighted by Gasteiger charge is 2.21. The van der Waals surface area contributed by atoms with Gasteiger partial charge >= 0.3 is 0 Å². The number of hydrogen-bond acceptors (Lipinski definition) is 2. The first kappa shape index (κ1) is 10.3. The van der Waals surface area contributed by atoms with E-state index in [4.69, 9.17) is 0 Å². The zero-order chi connectivity index (χ0) is 11.7. The topological polar surface area (TPSA) is 33.2 Å². The van der Waals surface area contributed by atoms with E-state index in [-0.39, 0.29) is 5.91 Å². The summed E-state index contributed by atoms with van der Waals surface area (Å²) < 4.78 is 0. The highest BCUT2D eigenvalue weighted by molar-refractivity contribution is 6.05. The van der Waals surface area contributed by atoms with Crippen LogP contribution in [-0.4, -0.2) is 28.9 Å². The van der Waals surface area contributed by atoms with Crippen LogP contribution in [0.25, 0.3) is 10.9 Å². The molecule has 0 aliphatic carbocycles. The molecule has 0 unspecified atom stereocenters. The van der Waals surface area contributed by atoms with E-state index in [9.17, 15) is 4.79 Å². The fourth-order valence-electron chi connectivity index (χ4n) is 2.37. The van der Waals surface area contributed by atoms with Gasteiger partial charge in [0.15, 0.2) is 0 Å². The first-order chi connectivity index (χ1) is 8.36. The summed E-state index contributed by atoms with van der Waals surface area (Å²) in [6.07, 6.45) is 3.97. The largest absolute Gasteiger partial charge is 0.339 e. The summed E-state index contributed by atoms with van der Waals surface area (Å²) in [7, 11) is 0. The quantitative estimate of drug-likeness (QED) is 0.748. The molecule has 1 aliphatic rings. The van der Waals surface area contributed by atoms with Crippen LogP contribution in [-0.2, 0) is 0 Å². The fraction of sp³-hybridized carbons (Fsp3) is 0.286. The van der Waals surface area contributed by atoms with Crippen molar-refractivity contribution in [1.29, 1.82) is 0 Å². The Bertz CT molecular complexity index is 554. The molecule has 1 saturated heterocycles. The van der Waals surface area contributed by atoms with Gasteiger partial charge in [0.2, 0.25) is 0 Å². The van der Waals surface area contributed by atoms with Crippen molar-refractivity contribution in [3.05, 3.63) is 42.1 Å². The molecule has 0 radical (unpaired) electrons. The Morgan fingerprint density at radius 3 is 2.71 bits per heavy atom. The minimum absolute atomic E-state index is 0.117. The van der Waals surface area contributed by atoms with Crippen molar-refractivity contribution in [3.63, 3.8) is 0 Å². The molecular formula is C14H14N2O. The molecule has 0 atom stereocenters. The molecule has 3 nitrogen and oxygen atoms in total. The van der Waals surface area contributed by atoms with E-state index >= 15 is 0 Å². The number of rotatable bonds is 1. The van der Waals surface area contributed by atoms with Gasteiger partial charge in [-0.3, -0.25) is 9.78 Å². The van der Waals surface area contributed by atoms with Gasteiger partial charge in [-0.15, -0.1) is 0 Å². The molecule has 0 spiro atoms. The Balaban J connectivity index is 2.07. The third-order valence-electron chi connectivity index (χ3n) is 3.26. The van der Waals surface area contributed by atoms with Crippen LogP contribution >= 0.6 is 0 Å². The average molecular weight is 226 g/mol. The molecule has 1 aliphatic heterocycles. The second kappa shape index (κ2) is 4.17. The Hall–Kier alpha value is -1.90. The van der Waals surface area contributed by atoms with Gasteiger partial charge in [-0.05, 0) is 25.0 Å². The lowest BCUT2D eigenvalue weighted by molar-refractivity contribution is 0.0794. The highest BCUT2D eigenvalue weighted by atomic mass is 16.2. The number of carbonyl (C=O) groups excluding carboxylic acids is 1. The molecule has 1 amide bonds. The number of aromatic nitrogens is 1. The van der Waals surface area contributed by atoms with Crippen LogP contribution in [0.15, 0.2) is 36.5 Å². The van der Waals surface area contributed by atoms with Crippen molar-refractivity contribution >= 4 is 16.8 Å². The van der Waals surface area contributed by atoms with Crippen molar-refractivity contribution < 1.29 is 4.79 Å². The number of benzene rings is 1. The Morgan fingerprint density at radius 2 is 1.88 bits per heavy atom. The number of carbonyl (C=O) groups is 1. The molecule has 1 aromatic carbocycles. The zero-order valence-corrected chi connectivity index (χ0v) is 9.60. The van der Waals surface area contributed by atoms with E-state index in [1.54, 1.807) is 6.20 Å².